The first-order valence-electron chi connectivity index (χ1n) is 14.2. The highest BCUT2D eigenvalue weighted by Crippen LogP contribution is 2.43. The molecule has 0 aromatic heterocycles. The second kappa shape index (κ2) is 13.8. The molecular weight excluding hydrogens is 564 g/mol. The number of ether oxygens (including phenoxy) is 4. The van der Waals surface area contributed by atoms with Crippen LogP contribution in [0.25, 0.3) is 0 Å². The van der Waals surface area contributed by atoms with Crippen LogP contribution in [0.3, 0.4) is 0 Å². The van der Waals surface area contributed by atoms with Gasteiger partial charge in [-0.05, 0) is 71.0 Å². The molecule has 8 heteroatoms. The van der Waals surface area contributed by atoms with E-state index in [1.807, 2.05) is 72.8 Å². The lowest BCUT2D eigenvalue weighted by atomic mass is 9.86. The van der Waals surface area contributed by atoms with Gasteiger partial charge in [0.2, 0.25) is 5.91 Å². The predicted octanol–water partition coefficient (Wildman–Crippen LogP) is 6.57. The van der Waals surface area contributed by atoms with Crippen molar-refractivity contribution in [2.75, 3.05) is 35.0 Å². The molecule has 1 aliphatic rings. The Morgan fingerprint density at radius 1 is 0.837 bits per heavy atom. The Kier molecular flexibility index (Phi) is 9.75. The van der Waals surface area contributed by atoms with Crippen molar-refractivity contribution < 1.29 is 23.7 Å². The molecule has 4 aromatic rings. The van der Waals surface area contributed by atoms with Gasteiger partial charge in [-0.1, -0.05) is 66.2 Å². The maximum absolute atomic E-state index is 14.2. The number of amides is 1. The Balaban J connectivity index is 1.58. The third kappa shape index (κ3) is 6.58. The van der Waals surface area contributed by atoms with Crippen LogP contribution in [0.2, 0.25) is 5.02 Å². The van der Waals surface area contributed by atoms with E-state index in [4.69, 9.17) is 30.5 Å². The SMILES string of the molecule is COc1ccc(C[C@H]2c3cc(OC)c(OC)cc3CCN2[C@@H](C(=O)NCc2ccccc2Cl)c2ccccc2)cc1OC. The van der Waals surface area contributed by atoms with Gasteiger partial charge in [0.25, 0.3) is 0 Å². The Bertz CT molecular complexity index is 1560. The number of methoxy groups -OCH3 is 4. The minimum atomic E-state index is -0.546. The molecule has 5 rings (SSSR count). The van der Waals surface area contributed by atoms with Crippen molar-refractivity contribution >= 4 is 17.5 Å². The molecule has 0 aliphatic carbocycles. The first kappa shape index (κ1) is 30.3. The van der Waals surface area contributed by atoms with Crippen LogP contribution >= 0.6 is 11.6 Å². The molecule has 0 saturated carbocycles. The summed E-state index contributed by atoms with van der Waals surface area (Å²) in [5.74, 6) is 2.58. The lowest BCUT2D eigenvalue weighted by Crippen LogP contribution is -2.45. The number of hydrogen-bond donors (Lipinski definition) is 1. The normalized spacial score (nSPS) is 15.2. The summed E-state index contributed by atoms with van der Waals surface area (Å²) in [7, 11) is 6.55. The number of fused-ring (bicyclic) bond motifs is 1. The molecule has 0 fully saturated rings. The van der Waals surface area contributed by atoms with Crippen molar-refractivity contribution in [2.45, 2.75) is 31.5 Å². The van der Waals surface area contributed by atoms with Crippen molar-refractivity contribution in [2.24, 2.45) is 0 Å². The zero-order chi connectivity index (χ0) is 30.3. The lowest BCUT2D eigenvalue weighted by molar-refractivity contribution is -0.128. The molecule has 1 N–H and O–H groups in total. The summed E-state index contributed by atoms with van der Waals surface area (Å²) >= 11 is 6.42. The van der Waals surface area contributed by atoms with Gasteiger partial charge in [-0.2, -0.15) is 0 Å². The fraction of sp³-hybridized carbons (Fsp3) is 0.286. The number of hydrogen-bond acceptors (Lipinski definition) is 6. The maximum Gasteiger partial charge on any atom is 0.242 e. The predicted molar refractivity (Wildman–Crippen MR) is 168 cm³/mol. The van der Waals surface area contributed by atoms with Crippen molar-refractivity contribution in [3.8, 4) is 23.0 Å². The van der Waals surface area contributed by atoms with Crippen molar-refractivity contribution in [3.05, 3.63) is 118 Å². The van der Waals surface area contributed by atoms with Gasteiger partial charge in [-0.15, -0.1) is 0 Å². The number of nitrogens with zero attached hydrogens (tertiary/aromatic N) is 1. The van der Waals surface area contributed by atoms with Crippen LogP contribution in [0.1, 0.15) is 39.9 Å². The maximum atomic E-state index is 14.2. The van der Waals surface area contributed by atoms with Crippen molar-refractivity contribution in [1.82, 2.24) is 10.2 Å². The molecule has 7 nitrogen and oxygen atoms in total. The first-order chi connectivity index (χ1) is 21.0. The van der Waals surface area contributed by atoms with Crippen molar-refractivity contribution in [1.29, 1.82) is 0 Å². The third-order valence-electron chi connectivity index (χ3n) is 8.03. The number of nitrogens with one attached hydrogen (secondary N) is 1. The van der Waals surface area contributed by atoms with Gasteiger partial charge >= 0.3 is 0 Å². The number of rotatable bonds is 11. The topological polar surface area (TPSA) is 69.3 Å². The molecule has 1 amide bonds. The first-order valence-corrected chi connectivity index (χ1v) is 14.6. The van der Waals surface area contributed by atoms with E-state index in [9.17, 15) is 4.79 Å². The van der Waals surface area contributed by atoms with Crippen LogP contribution in [0.15, 0.2) is 84.9 Å². The van der Waals surface area contributed by atoms with Gasteiger partial charge in [-0.25, -0.2) is 0 Å². The van der Waals surface area contributed by atoms with Gasteiger partial charge in [0, 0.05) is 24.2 Å². The second-order valence-corrected chi connectivity index (χ2v) is 10.8. The summed E-state index contributed by atoms with van der Waals surface area (Å²) < 4.78 is 22.5. The van der Waals surface area contributed by atoms with E-state index in [-0.39, 0.29) is 11.9 Å². The molecule has 2 atom stereocenters. The van der Waals surface area contributed by atoms with Crippen LogP contribution in [-0.2, 0) is 24.2 Å². The molecule has 4 aromatic carbocycles. The number of halogens is 1. The largest absolute Gasteiger partial charge is 0.493 e. The summed E-state index contributed by atoms with van der Waals surface area (Å²) in [6.07, 6.45) is 1.38. The minimum absolute atomic E-state index is 0.0904. The van der Waals surface area contributed by atoms with E-state index >= 15 is 0 Å². The fourth-order valence-electron chi connectivity index (χ4n) is 5.86. The molecular formula is C35H37ClN2O5. The standard InChI is InChI=1S/C35H37ClN2O5/c1-40-30-15-14-23(19-31(30)41-2)18-29-27-21-33(43-4)32(42-3)20-25(27)16-17-38(29)34(24-10-6-5-7-11-24)35(39)37-22-26-12-8-9-13-28(26)36/h5-15,19-21,29,34H,16-18,22H2,1-4H3,(H,37,39)/t29-,34+/m0/s1. The van der Waals surface area contributed by atoms with Crippen LogP contribution in [0.5, 0.6) is 23.0 Å². The summed E-state index contributed by atoms with van der Waals surface area (Å²) in [5, 5.41) is 3.80. The van der Waals surface area contributed by atoms with Crippen LogP contribution in [-0.4, -0.2) is 45.8 Å². The second-order valence-electron chi connectivity index (χ2n) is 10.4. The van der Waals surface area contributed by atoms with Crippen LogP contribution < -0.4 is 24.3 Å². The van der Waals surface area contributed by atoms with Gasteiger partial charge in [0.1, 0.15) is 6.04 Å². The smallest absolute Gasteiger partial charge is 0.242 e. The number of carbonyl (C=O) groups is 1. The number of carbonyl (C=O) groups excluding carboxylic acids is 1. The number of benzene rings is 4. The molecule has 43 heavy (non-hydrogen) atoms. The Morgan fingerprint density at radius 3 is 2.19 bits per heavy atom. The van der Waals surface area contributed by atoms with Crippen molar-refractivity contribution in [3.63, 3.8) is 0 Å². The molecule has 0 bridgehead atoms. The van der Waals surface area contributed by atoms with Crippen LogP contribution in [0.4, 0.5) is 0 Å². The average molecular weight is 601 g/mol. The van der Waals surface area contributed by atoms with Gasteiger partial charge in [0.05, 0.1) is 28.4 Å². The zero-order valence-electron chi connectivity index (χ0n) is 24.9. The quantitative estimate of drug-likeness (QED) is 0.210. The minimum Gasteiger partial charge on any atom is -0.493 e. The summed E-state index contributed by atoms with van der Waals surface area (Å²) in [4.78, 5) is 16.5. The van der Waals surface area contributed by atoms with E-state index in [0.717, 1.165) is 28.7 Å². The molecule has 1 aliphatic heterocycles. The van der Waals surface area contributed by atoms with E-state index in [0.29, 0.717) is 47.5 Å². The van der Waals surface area contributed by atoms with E-state index in [1.54, 1.807) is 28.4 Å². The summed E-state index contributed by atoms with van der Waals surface area (Å²) in [6, 6.07) is 26.9. The molecule has 0 radical (unpaired) electrons. The summed E-state index contributed by atoms with van der Waals surface area (Å²) in [5.41, 5.74) is 5.10. The third-order valence-corrected chi connectivity index (χ3v) is 8.40. The molecule has 0 saturated heterocycles. The Hall–Kier alpha value is -4.20. The highest BCUT2D eigenvalue weighted by molar-refractivity contribution is 6.31. The monoisotopic (exact) mass is 600 g/mol. The zero-order valence-corrected chi connectivity index (χ0v) is 25.7. The average Bonchev–Trinajstić information content (AvgIpc) is 3.05. The van der Waals surface area contributed by atoms with Gasteiger partial charge < -0.3 is 24.3 Å². The fourth-order valence-corrected chi connectivity index (χ4v) is 6.07. The Labute approximate surface area is 258 Å². The molecule has 0 unspecified atom stereocenters. The molecule has 0 spiro atoms. The van der Waals surface area contributed by atoms with Gasteiger partial charge in [0.15, 0.2) is 23.0 Å². The van der Waals surface area contributed by atoms with E-state index in [2.05, 4.69) is 22.3 Å². The highest BCUT2D eigenvalue weighted by Gasteiger charge is 2.38. The molecule has 224 valence electrons. The van der Waals surface area contributed by atoms with E-state index < -0.39 is 6.04 Å². The van der Waals surface area contributed by atoms with Gasteiger partial charge in [-0.3, -0.25) is 9.69 Å². The lowest BCUT2D eigenvalue weighted by Gasteiger charge is -2.42. The highest BCUT2D eigenvalue weighted by atomic mass is 35.5. The molecule has 1 heterocycles. The van der Waals surface area contributed by atoms with Crippen LogP contribution in [0, 0.1) is 0 Å². The van der Waals surface area contributed by atoms with E-state index in [1.165, 1.54) is 5.56 Å². The Morgan fingerprint density at radius 2 is 1.49 bits per heavy atom. The summed E-state index contributed by atoms with van der Waals surface area (Å²) in [6.45, 7) is 0.997.